The number of nitrogens with zero attached hydrogens (tertiary/aromatic N) is 1. The van der Waals surface area contributed by atoms with Gasteiger partial charge in [0, 0.05) is 18.5 Å². The predicted molar refractivity (Wildman–Crippen MR) is 121 cm³/mol. The van der Waals surface area contributed by atoms with Crippen LogP contribution in [0.2, 0.25) is 0 Å². The van der Waals surface area contributed by atoms with Crippen molar-refractivity contribution in [3.05, 3.63) is 0 Å². The van der Waals surface area contributed by atoms with Crippen LogP contribution < -0.4 is 16.4 Å². The van der Waals surface area contributed by atoms with E-state index in [-0.39, 0.29) is 36.7 Å². The highest BCUT2D eigenvalue weighted by Gasteiger charge is 2.51. The molecule has 0 aromatic carbocycles. The van der Waals surface area contributed by atoms with Crippen LogP contribution in [0.5, 0.6) is 0 Å². The second kappa shape index (κ2) is 9.99. The van der Waals surface area contributed by atoms with E-state index in [9.17, 15) is 19.2 Å². The van der Waals surface area contributed by atoms with E-state index in [1.54, 1.807) is 0 Å². The molecule has 0 aromatic rings. The third-order valence-electron chi connectivity index (χ3n) is 8.21. The zero-order valence-electron chi connectivity index (χ0n) is 19.6. The fourth-order valence-corrected chi connectivity index (χ4v) is 7.18. The lowest BCUT2D eigenvalue weighted by molar-refractivity contribution is -0.147. The first-order valence-corrected chi connectivity index (χ1v) is 12.5. The minimum Gasteiger partial charge on any atom is -0.467 e. The van der Waals surface area contributed by atoms with E-state index >= 15 is 0 Å². The van der Waals surface area contributed by atoms with Crippen molar-refractivity contribution in [1.82, 2.24) is 15.5 Å². The van der Waals surface area contributed by atoms with Crippen LogP contribution in [0.1, 0.15) is 70.6 Å². The van der Waals surface area contributed by atoms with Gasteiger partial charge >= 0.3 is 5.97 Å². The Morgan fingerprint density at radius 2 is 1.70 bits per heavy atom. The molecule has 1 aliphatic heterocycles. The molecule has 0 unspecified atom stereocenters. The number of esters is 1. The van der Waals surface area contributed by atoms with Gasteiger partial charge in [0.25, 0.3) is 0 Å². The molecule has 4 N–H and O–H groups in total. The largest absolute Gasteiger partial charge is 0.467 e. The van der Waals surface area contributed by atoms with Gasteiger partial charge < -0.3 is 26.0 Å². The molecular weight excluding hydrogens is 424 g/mol. The van der Waals surface area contributed by atoms with Crippen molar-refractivity contribution in [1.29, 1.82) is 0 Å². The van der Waals surface area contributed by atoms with Crippen molar-refractivity contribution in [3.8, 4) is 0 Å². The van der Waals surface area contributed by atoms with E-state index in [1.807, 2.05) is 0 Å². The van der Waals surface area contributed by atoms with E-state index in [2.05, 4.69) is 10.6 Å². The maximum absolute atomic E-state index is 12.9. The minimum absolute atomic E-state index is 0.0716. The molecule has 33 heavy (non-hydrogen) atoms. The van der Waals surface area contributed by atoms with Crippen LogP contribution in [0, 0.1) is 17.8 Å². The Morgan fingerprint density at radius 1 is 1.06 bits per heavy atom. The monoisotopic (exact) mass is 462 g/mol. The molecule has 1 heterocycles. The lowest BCUT2D eigenvalue weighted by Gasteiger charge is -2.57. The topological polar surface area (TPSA) is 131 Å². The molecule has 0 spiro atoms. The summed E-state index contributed by atoms with van der Waals surface area (Å²) >= 11 is 0. The summed E-state index contributed by atoms with van der Waals surface area (Å²) in [5, 5.41) is 6.05. The molecule has 0 aromatic heterocycles. The number of nitrogens with one attached hydrogen (secondary N) is 2. The maximum atomic E-state index is 12.9. The first-order chi connectivity index (χ1) is 15.8. The highest BCUT2D eigenvalue weighted by atomic mass is 16.5. The highest BCUT2D eigenvalue weighted by molar-refractivity contribution is 5.91. The molecule has 1 saturated heterocycles. The number of ether oxygens (including phenoxy) is 1. The summed E-state index contributed by atoms with van der Waals surface area (Å²) in [5.41, 5.74) is 5.42. The van der Waals surface area contributed by atoms with Gasteiger partial charge in [-0.1, -0.05) is 0 Å². The molecule has 9 heteroatoms. The smallest absolute Gasteiger partial charge is 0.328 e. The third kappa shape index (κ3) is 5.34. The molecule has 2 atom stereocenters. The van der Waals surface area contributed by atoms with E-state index < -0.39 is 24.0 Å². The number of piperidine rings is 1. The number of nitrogens with two attached hydrogens (primary N) is 1. The summed E-state index contributed by atoms with van der Waals surface area (Å²) < 4.78 is 4.88. The van der Waals surface area contributed by atoms with Gasteiger partial charge in [0.05, 0.1) is 13.7 Å². The Morgan fingerprint density at radius 3 is 2.27 bits per heavy atom. The molecular formula is C24H38N4O5. The van der Waals surface area contributed by atoms with Crippen LogP contribution in [0.25, 0.3) is 0 Å². The molecule has 5 aliphatic rings. The molecule has 4 saturated carbocycles. The third-order valence-corrected chi connectivity index (χ3v) is 8.21. The Balaban J connectivity index is 1.33. The molecule has 9 nitrogen and oxygen atoms in total. The highest BCUT2D eigenvalue weighted by Crippen LogP contribution is 2.55. The van der Waals surface area contributed by atoms with E-state index in [0.717, 1.165) is 49.9 Å². The zero-order chi connectivity index (χ0) is 23.6. The van der Waals surface area contributed by atoms with Gasteiger partial charge in [0.1, 0.15) is 12.1 Å². The second-order valence-corrected chi connectivity index (χ2v) is 10.7. The van der Waals surface area contributed by atoms with Crippen molar-refractivity contribution >= 4 is 23.7 Å². The summed E-state index contributed by atoms with van der Waals surface area (Å²) in [7, 11) is 1.27. The van der Waals surface area contributed by atoms with Crippen molar-refractivity contribution in [2.24, 2.45) is 23.5 Å². The Labute approximate surface area is 195 Å². The van der Waals surface area contributed by atoms with Gasteiger partial charge in [0.15, 0.2) is 0 Å². The standard InChI is InChI=1S/C24H38N4O5/c1-33-23(32)18(26-22(31)19-4-2-3-7-28(19)21(30)14-25)5-6-20(29)27-24-11-15-8-16(12-24)10-17(9-15)13-24/h15-19H,2-14,25H2,1H3,(H,26,31)(H,27,29)/t15?,16?,17?,18-,19-,24?/m0/s1. The molecule has 3 amide bonds. The summed E-state index contributed by atoms with van der Waals surface area (Å²) in [6.07, 6.45) is 9.56. The number of carbonyl (C=O) groups is 4. The van der Waals surface area contributed by atoms with Crippen molar-refractivity contribution in [2.45, 2.75) is 88.3 Å². The number of hydrogen-bond donors (Lipinski definition) is 3. The van der Waals surface area contributed by atoms with Crippen molar-refractivity contribution in [2.75, 3.05) is 20.2 Å². The molecule has 5 rings (SSSR count). The lowest BCUT2D eigenvalue weighted by atomic mass is 9.53. The maximum Gasteiger partial charge on any atom is 0.328 e. The molecule has 4 aliphatic carbocycles. The van der Waals surface area contributed by atoms with Crippen LogP contribution in [0.4, 0.5) is 0 Å². The summed E-state index contributed by atoms with van der Waals surface area (Å²) in [6, 6.07) is -1.58. The van der Waals surface area contributed by atoms with Crippen molar-refractivity contribution in [3.63, 3.8) is 0 Å². The van der Waals surface area contributed by atoms with Gasteiger partial charge in [-0.15, -0.1) is 0 Å². The summed E-state index contributed by atoms with van der Waals surface area (Å²) in [6.45, 7) is 0.319. The van der Waals surface area contributed by atoms with Crippen LogP contribution >= 0.6 is 0 Å². The number of hydrogen-bond acceptors (Lipinski definition) is 6. The van der Waals surface area contributed by atoms with Crippen LogP contribution in [0.15, 0.2) is 0 Å². The zero-order valence-corrected chi connectivity index (χ0v) is 19.6. The number of amides is 3. The second-order valence-electron chi connectivity index (χ2n) is 10.7. The average Bonchev–Trinajstić information content (AvgIpc) is 2.79. The molecule has 4 bridgehead atoms. The first kappa shape index (κ1) is 24.0. The van der Waals surface area contributed by atoms with Crippen LogP contribution in [0.3, 0.4) is 0 Å². The SMILES string of the molecule is COC(=O)[C@H](CCC(=O)NC12CC3CC(CC(C3)C1)C2)NC(=O)[C@@H]1CCCCN1C(=O)CN. The Kier molecular flexibility index (Phi) is 7.26. The van der Waals surface area contributed by atoms with Gasteiger partial charge in [0.2, 0.25) is 17.7 Å². The van der Waals surface area contributed by atoms with Gasteiger partial charge in [-0.05, 0) is 82.0 Å². The summed E-state index contributed by atoms with van der Waals surface area (Å²) in [5.74, 6) is 0.860. The van der Waals surface area contributed by atoms with E-state index in [4.69, 9.17) is 10.5 Å². The average molecular weight is 463 g/mol. The van der Waals surface area contributed by atoms with Crippen molar-refractivity contribution < 1.29 is 23.9 Å². The fourth-order valence-electron chi connectivity index (χ4n) is 7.18. The van der Waals surface area contributed by atoms with Crippen LogP contribution in [-0.2, 0) is 23.9 Å². The van der Waals surface area contributed by atoms with E-state index in [0.29, 0.717) is 13.0 Å². The molecule has 5 fully saturated rings. The van der Waals surface area contributed by atoms with Crippen LogP contribution in [-0.4, -0.2) is 66.4 Å². The number of likely N-dealkylation sites (tertiary alicyclic amines) is 1. The minimum atomic E-state index is -0.929. The molecule has 0 radical (unpaired) electrons. The number of methoxy groups -OCH3 is 1. The Bertz CT molecular complexity index is 750. The Hall–Kier alpha value is -2.16. The van der Waals surface area contributed by atoms with Gasteiger partial charge in [-0.25, -0.2) is 4.79 Å². The van der Waals surface area contributed by atoms with E-state index in [1.165, 1.54) is 31.3 Å². The quantitative estimate of drug-likeness (QED) is 0.459. The number of carbonyl (C=O) groups excluding carboxylic acids is 4. The first-order valence-electron chi connectivity index (χ1n) is 12.5. The fraction of sp³-hybridized carbons (Fsp3) is 0.833. The number of rotatable bonds is 8. The molecule has 184 valence electrons. The summed E-state index contributed by atoms with van der Waals surface area (Å²) in [4.78, 5) is 51.8. The predicted octanol–water partition coefficient (Wildman–Crippen LogP) is 0.849. The lowest BCUT2D eigenvalue weighted by Crippen LogP contribution is -2.60. The van der Waals surface area contributed by atoms with Gasteiger partial charge in [-0.3, -0.25) is 14.4 Å². The normalized spacial score (nSPS) is 33.3. The van der Waals surface area contributed by atoms with Gasteiger partial charge in [-0.2, -0.15) is 0 Å².